The number of urea groups is 1. The van der Waals surface area contributed by atoms with Gasteiger partial charge in [-0.25, -0.2) is 9.48 Å². The lowest BCUT2D eigenvalue weighted by atomic mass is 9.91. The Morgan fingerprint density at radius 1 is 1.07 bits per heavy atom. The number of nitrogens with one attached hydrogen (secondary N) is 2. The number of anilines is 1. The molecule has 27 heavy (non-hydrogen) atoms. The Bertz CT molecular complexity index is 815. The number of carbonyl (C=O) groups excluding carboxylic acids is 1. The minimum Gasteiger partial charge on any atom is -0.338 e. The molecule has 1 heterocycles. The summed E-state index contributed by atoms with van der Waals surface area (Å²) < 4.78 is 3.34. The van der Waals surface area contributed by atoms with Crippen LogP contribution in [-0.2, 0) is 7.05 Å². The number of carbonyl (C=O) groups is 1. The van der Waals surface area contributed by atoms with E-state index in [1.807, 2.05) is 44.3 Å². The molecule has 0 aliphatic heterocycles. The summed E-state index contributed by atoms with van der Waals surface area (Å²) in [5.74, 6) is 0.536. The number of amides is 2. The molecule has 0 saturated heterocycles. The number of aromatic nitrogens is 2. The SMILES string of the molecule is Cc1c(NC(=O)NCC2CCCCCCC2)c(=O)n(-c2ccccc2)n1C. The average Bonchev–Trinajstić information content (AvgIpc) is 2.85. The molecular formula is C21H30N4O2. The van der Waals surface area contributed by atoms with Gasteiger partial charge in [0.25, 0.3) is 5.56 Å². The van der Waals surface area contributed by atoms with Gasteiger partial charge in [-0.1, -0.05) is 50.3 Å². The molecule has 3 rings (SSSR count). The first-order chi connectivity index (χ1) is 13.1. The fourth-order valence-electron chi connectivity index (χ4n) is 3.85. The van der Waals surface area contributed by atoms with E-state index in [4.69, 9.17) is 0 Å². The van der Waals surface area contributed by atoms with Crippen molar-refractivity contribution in [3.63, 3.8) is 0 Å². The predicted octanol–water partition coefficient (Wildman–Crippen LogP) is 3.97. The van der Waals surface area contributed by atoms with Crippen molar-refractivity contribution in [1.29, 1.82) is 0 Å². The molecule has 146 valence electrons. The van der Waals surface area contributed by atoms with Crippen molar-refractivity contribution in [3.05, 3.63) is 46.4 Å². The van der Waals surface area contributed by atoms with Gasteiger partial charge in [0.2, 0.25) is 0 Å². The van der Waals surface area contributed by atoms with Crippen molar-refractivity contribution in [2.24, 2.45) is 13.0 Å². The zero-order chi connectivity index (χ0) is 19.2. The van der Waals surface area contributed by atoms with Crippen LogP contribution in [0.2, 0.25) is 0 Å². The second kappa shape index (κ2) is 8.93. The molecule has 2 amide bonds. The Morgan fingerprint density at radius 3 is 2.37 bits per heavy atom. The Kier molecular flexibility index (Phi) is 6.37. The summed E-state index contributed by atoms with van der Waals surface area (Å²) in [5, 5.41) is 5.74. The van der Waals surface area contributed by atoms with Gasteiger partial charge in [-0.3, -0.25) is 9.48 Å². The Hall–Kier alpha value is -2.50. The summed E-state index contributed by atoms with van der Waals surface area (Å²) in [5.41, 5.74) is 1.61. The minimum absolute atomic E-state index is 0.220. The third-order valence-corrected chi connectivity index (χ3v) is 5.57. The summed E-state index contributed by atoms with van der Waals surface area (Å²) in [6, 6.07) is 9.13. The van der Waals surface area contributed by atoms with Crippen molar-refractivity contribution < 1.29 is 4.79 Å². The fourth-order valence-corrected chi connectivity index (χ4v) is 3.85. The van der Waals surface area contributed by atoms with Crippen molar-refractivity contribution in [3.8, 4) is 5.69 Å². The van der Waals surface area contributed by atoms with Crippen molar-refractivity contribution in [2.45, 2.75) is 51.9 Å². The van der Waals surface area contributed by atoms with Gasteiger partial charge in [-0.2, -0.15) is 0 Å². The average molecular weight is 370 g/mol. The van der Waals surface area contributed by atoms with Crippen LogP contribution in [0.3, 0.4) is 0 Å². The molecule has 0 unspecified atom stereocenters. The third kappa shape index (κ3) is 4.62. The van der Waals surface area contributed by atoms with Crippen LogP contribution in [0, 0.1) is 12.8 Å². The molecular weight excluding hydrogens is 340 g/mol. The van der Waals surface area contributed by atoms with Crippen LogP contribution in [0.25, 0.3) is 5.69 Å². The van der Waals surface area contributed by atoms with E-state index in [-0.39, 0.29) is 11.6 Å². The summed E-state index contributed by atoms with van der Waals surface area (Å²) in [6.45, 7) is 2.51. The lowest BCUT2D eigenvalue weighted by molar-refractivity contribution is 0.248. The first-order valence-electron chi connectivity index (χ1n) is 9.97. The normalized spacial score (nSPS) is 15.8. The van der Waals surface area contributed by atoms with E-state index in [0.29, 0.717) is 18.2 Å². The van der Waals surface area contributed by atoms with E-state index in [0.717, 1.165) is 11.4 Å². The Morgan fingerprint density at radius 2 is 1.70 bits per heavy atom. The Balaban J connectivity index is 1.66. The van der Waals surface area contributed by atoms with Crippen LogP contribution in [-0.4, -0.2) is 21.9 Å². The summed E-state index contributed by atoms with van der Waals surface area (Å²) in [6.07, 6.45) is 8.76. The highest BCUT2D eigenvalue weighted by Gasteiger charge is 2.19. The molecule has 1 fully saturated rings. The second-order valence-corrected chi connectivity index (χ2v) is 7.48. The number of rotatable bonds is 4. The van der Waals surface area contributed by atoms with Crippen LogP contribution in [0.1, 0.15) is 50.6 Å². The molecule has 1 aliphatic carbocycles. The molecule has 0 spiro atoms. The van der Waals surface area contributed by atoms with Crippen molar-refractivity contribution in [2.75, 3.05) is 11.9 Å². The number of benzene rings is 1. The maximum atomic E-state index is 12.8. The quantitative estimate of drug-likeness (QED) is 0.855. The zero-order valence-electron chi connectivity index (χ0n) is 16.3. The Labute approximate surface area is 160 Å². The fraction of sp³-hybridized carbons (Fsp3) is 0.524. The van der Waals surface area contributed by atoms with Crippen LogP contribution < -0.4 is 16.2 Å². The molecule has 1 aromatic carbocycles. The lowest BCUT2D eigenvalue weighted by Gasteiger charge is -2.20. The van der Waals surface area contributed by atoms with E-state index < -0.39 is 0 Å². The molecule has 0 bridgehead atoms. The molecule has 2 N–H and O–H groups in total. The summed E-state index contributed by atoms with van der Waals surface area (Å²) in [4.78, 5) is 25.2. The molecule has 1 aromatic heterocycles. The van der Waals surface area contributed by atoms with E-state index in [2.05, 4.69) is 10.6 Å². The maximum Gasteiger partial charge on any atom is 0.319 e. The zero-order valence-corrected chi connectivity index (χ0v) is 16.3. The standard InChI is InChI=1S/C21H30N4O2/c1-16-19(20(26)25(24(16)2)18-13-9-6-10-14-18)23-21(27)22-15-17-11-7-4-3-5-8-12-17/h6,9-10,13-14,17H,3-5,7-8,11-12,15H2,1-2H3,(H2,22,23,27). The van der Waals surface area contributed by atoms with Crippen LogP contribution >= 0.6 is 0 Å². The topological polar surface area (TPSA) is 68.1 Å². The second-order valence-electron chi connectivity index (χ2n) is 7.48. The molecule has 0 atom stereocenters. The van der Waals surface area contributed by atoms with Crippen LogP contribution in [0.4, 0.5) is 10.5 Å². The molecule has 1 aliphatic rings. The number of nitrogens with zero attached hydrogens (tertiary/aromatic N) is 2. The van der Waals surface area contributed by atoms with Gasteiger partial charge in [0.05, 0.1) is 11.4 Å². The molecule has 1 saturated carbocycles. The van der Waals surface area contributed by atoms with Gasteiger partial charge >= 0.3 is 6.03 Å². The van der Waals surface area contributed by atoms with Gasteiger partial charge in [-0.05, 0) is 37.8 Å². The first-order valence-corrected chi connectivity index (χ1v) is 9.97. The highest BCUT2D eigenvalue weighted by atomic mass is 16.2. The number of hydrogen-bond acceptors (Lipinski definition) is 2. The van der Waals surface area contributed by atoms with Crippen molar-refractivity contribution in [1.82, 2.24) is 14.7 Å². The van der Waals surface area contributed by atoms with Gasteiger partial charge < -0.3 is 10.6 Å². The van der Waals surface area contributed by atoms with E-state index in [1.54, 1.807) is 9.36 Å². The maximum absolute atomic E-state index is 12.8. The lowest BCUT2D eigenvalue weighted by Crippen LogP contribution is -2.35. The highest BCUT2D eigenvalue weighted by molar-refractivity contribution is 5.89. The van der Waals surface area contributed by atoms with Gasteiger partial charge in [-0.15, -0.1) is 0 Å². The van der Waals surface area contributed by atoms with Crippen molar-refractivity contribution >= 4 is 11.7 Å². The smallest absolute Gasteiger partial charge is 0.319 e. The van der Waals surface area contributed by atoms with Crippen LogP contribution in [0.5, 0.6) is 0 Å². The van der Waals surface area contributed by atoms with E-state index in [1.165, 1.54) is 44.9 Å². The highest BCUT2D eigenvalue weighted by Crippen LogP contribution is 2.21. The third-order valence-electron chi connectivity index (χ3n) is 5.57. The number of para-hydroxylation sites is 1. The molecule has 2 aromatic rings. The molecule has 6 nitrogen and oxygen atoms in total. The van der Waals surface area contributed by atoms with Gasteiger partial charge in [0, 0.05) is 13.6 Å². The van der Waals surface area contributed by atoms with E-state index in [9.17, 15) is 9.59 Å². The predicted molar refractivity (Wildman–Crippen MR) is 109 cm³/mol. The summed E-state index contributed by atoms with van der Waals surface area (Å²) in [7, 11) is 1.82. The summed E-state index contributed by atoms with van der Waals surface area (Å²) >= 11 is 0. The minimum atomic E-state index is -0.303. The first kappa shape index (κ1) is 19.3. The molecule has 6 heteroatoms. The van der Waals surface area contributed by atoms with Gasteiger partial charge in [0.1, 0.15) is 5.69 Å². The molecule has 0 radical (unpaired) electrons. The van der Waals surface area contributed by atoms with Gasteiger partial charge in [0.15, 0.2) is 0 Å². The van der Waals surface area contributed by atoms with Crippen LogP contribution in [0.15, 0.2) is 35.1 Å². The number of hydrogen-bond donors (Lipinski definition) is 2. The largest absolute Gasteiger partial charge is 0.338 e. The van der Waals surface area contributed by atoms with E-state index >= 15 is 0 Å². The monoisotopic (exact) mass is 370 g/mol.